The first-order valence-electron chi connectivity index (χ1n) is 5.26. The summed E-state index contributed by atoms with van der Waals surface area (Å²) in [5.41, 5.74) is 0. The third-order valence-corrected chi connectivity index (χ3v) is 4.59. The molecule has 0 amide bonds. The fourth-order valence-corrected chi connectivity index (χ4v) is 3.33. The van der Waals surface area contributed by atoms with E-state index < -0.39 is 16.0 Å². The molecule has 1 heterocycles. The minimum atomic E-state index is -3.44. The van der Waals surface area contributed by atoms with Gasteiger partial charge in [-0.25, -0.2) is 12.7 Å². The summed E-state index contributed by atoms with van der Waals surface area (Å²) in [6.45, 7) is 0.906. The highest BCUT2D eigenvalue weighted by molar-refractivity contribution is 7.89. The molecule has 0 bridgehead atoms. The molecule has 1 saturated heterocycles. The zero-order chi connectivity index (χ0) is 12.2. The van der Waals surface area contributed by atoms with E-state index in [1.54, 1.807) is 0 Å². The molecule has 0 saturated carbocycles. The van der Waals surface area contributed by atoms with Crippen LogP contribution in [0.25, 0.3) is 0 Å². The van der Waals surface area contributed by atoms with Crippen LogP contribution >= 0.6 is 0 Å². The number of aliphatic hydroxyl groups excluding tert-OH is 1. The highest BCUT2D eigenvalue weighted by Crippen LogP contribution is 2.22. The lowest BCUT2D eigenvalue weighted by Gasteiger charge is -2.15. The van der Waals surface area contributed by atoms with E-state index in [0.29, 0.717) is 19.5 Å². The zero-order valence-corrected chi connectivity index (χ0v) is 9.82. The number of carboxylic acid groups (broad SMARTS) is 1. The van der Waals surface area contributed by atoms with Crippen molar-refractivity contribution in [3.8, 4) is 0 Å². The van der Waals surface area contributed by atoms with Gasteiger partial charge >= 0.3 is 5.97 Å². The van der Waals surface area contributed by atoms with Crippen LogP contribution in [0.15, 0.2) is 0 Å². The summed E-state index contributed by atoms with van der Waals surface area (Å²) in [6.07, 6.45) is 0.987. The van der Waals surface area contributed by atoms with Crippen LogP contribution in [0, 0.1) is 5.92 Å². The van der Waals surface area contributed by atoms with Gasteiger partial charge in [-0.2, -0.15) is 0 Å². The second kappa shape index (κ2) is 5.60. The smallest absolute Gasteiger partial charge is 0.304 e. The van der Waals surface area contributed by atoms with Gasteiger partial charge in [0.25, 0.3) is 0 Å². The van der Waals surface area contributed by atoms with Gasteiger partial charge in [0.15, 0.2) is 0 Å². The van der Waals surface area contributed by atoms with Gasteiger partial charge in [-0.15, -0.1) is 0 Å². The van der Waals surface area contributed by atoms with Crippen LogP contribution in [0.1, 0.15) is 19.3 Å². The van der Waals surface area contributed by atoms with Crippen LogP contribution in [0.5, 0.6) is 0 Å². The van der Waals surface area contributed by atoms with Crippen molar-refractivity contribution in [1.29, 1.82) is 0 Å². The van der Waals surface area contributed by atoms with Gasteiger partial charge in [-0.1, -0.05) is 0 Å². The lowest BCUT2D eigenvalue weighted by Crippen LogP contribution is -2.31. The fraction of sp³-hybridized carbons (Fsp3) is 0.889. The Bertz CT molecular complexity index is 340. The third-order valence-electron chi connectivity index (χ3n) is 2.75. The molecule has 6 nitrogen and oxygen atoms in total. The molecule has 1 aliphatic heterocycles. The van der Waals surface area contributed by atoms with Crippen LogP contribution < -0.4 is 0 Å². The Kier molecular flexibility index (Phi) is 4.69. The highest BCUT2D eigenvalue weighted by Gasteiger charge is 2.30. The maximum atomic E-state index is 11.7. The molecule has 16 heavy (non-hydrogen) atoms. The number of aliphatic carboxylic acids is 1. The number of hydrogen-bond donors (Lipinski definition) is 2. The first-order chi connectivity index (χ1) is 7.45. The van der Waals surface area contributed by atoms with Gasteiger partial charge in [-0.3, -0.25) is 4.79 Å². The van der Waals surface area contributed by atoms with Gasteiger partial charge < -0.3 is 10.2 Å². The van der Waals surface area contributed by atoms with Crippen molar-refractivity contribution in [3.63, 3.8) is 0 Å². The zero-order valence-electron chi connectivity index (χ0n) is 9.00. The molecule has 1 fully saturated rings. The molecule has 1 unspecified atom stereocenters. The maximum absolute atomic E-state index is 11.7. The SMILES string of the molecule is O=C(O)CCS(=O)(=O)N1CCC(CCO)C1. The normalized spacial score (nSPS) is 22.4. The monoisotopic (exact) mass is 251 g/mol. The number of aliphatic hydroxyl groups is 1. The van der Waals surface area contributed by atoms with E-state index in [0.717, 1.165) is 6.42 Å². The maximum Gasteiger partial charge on any atom is 0.304 e. The molecular formula is C9H17NO5S. The predicted octanol–water partition coefficient (Wildman–Crippen LogP) is -0.505. The van der Waals surface area contributed by atoms with Gasteiger partial charge in [0.2, 0.25) is 10.0 Å². The van der Waals surface area contributed by atoms with Crippen molar-refractivity contribution < 1.29 is 23.4 Å². The summed E-state index contributed by atoms with van der Waals surface area (Å²) in [6, 6.07) is 0. The van der Waals surface area contributed by atoms with Crippen molar-refractivity contribution in [3.05, 3.63) is 0 Å². The largest absolute Gasteiger partial charge is 0.481 e. The Morgan fingerprint density at radius 1 is 1.44 bits per heavy atom. The number of carboxylic acids is 1. The quantitative estimate of drug-likeness (QED) is 0.663. The molecule has 94 valence electrons. The third kappa shape index (κ3) is 3.73. The minimum absolute atomic E-state index is 0.0632. The highest BCUT2D eigenvalue weighted by atomic mass is 32.2. The topological polar surface area (TPSA) is 94.9 Å². The lowest BCUT2D eigenvalue weighted by molar-refractivity contribution is -0.136. The van der Waals surface area contributed by atoms with Crippen molar-refractivity contribution in [2.24, 2.45) is 5.92 Å². The minimum Gasteiger partial charge on any atom is -0.481 e. The van der Waals surface area contributed by atoms with E-state index >= 15 is 0 Å². The second-order valence-corrected chi connectivity index (χ2v) is 6.07. The number of sulfonamides is 1. The predicted molar refractivity (Wildman–Crippen MR) is 57.4 cm³/mol. The van der Waals surface area contributed by atoms with Crippen molar-refractivity contribution in [1.82, 2.24) is 4.31 Å². The summed E-state index contributed by atoms with van der Waals surface area (Å²) in [7, 11) is -3.44. The molecule has 1 rings (SSSR count). The Morgan fingerprint density at radius 2 is 2.12 bits per heavy atom. The molecule has 1 atom stereocenters. The number of hydrogen-bond acceptors (Lipinski definition) is 4. The molecular weight excluding hydrogens is 234 g/mol. The summed E-state index contributed by atoms with van der Waals surface area (Å²) in [5, 5.41) is 17.2. The first-order valence-corrected chi connectivity index (χ1v) is 6.87. The Morgan fingerprint density at radius 3 is 2.69 bits per heavy atom. The van der Waals surface area contributed by atoms with Gasteiger partial charge in [0.05, 0.1) is 12.2 Å². The Balaban J connectivity index is 2.48. The molecule has 1 aliphatic rings. The van der Waals surface area contributed by atoms with Crippen LogP contribution in [-0.2, 0) is 14.8 Å². The van der Waals surface area contributed by atoms with Crippen molar-refractivity contribution in [2.45, 2.75) is 19.3 Å². The first kappa shape index (κ1) is 13.4. The van der Waals surface area contributed by atoms with Crippen LogP contribution in [0.3, 0.4) is 0 Å². The van der Waals surface area contributed by atoms with Gasteiger partial charge in [0, 0.05) is 19.7 Å². The molecule has 2 N–H and O–H groups in total. The number of carbonyl (C=O) groups is 1. The summed E-state index contributed by atoms with van der Waals surface area (Å²) < 4.78 is 24.7. The van der Waals surface area contributed by atoms with Gasteiger partial charge in [0.1, 0.15) is 0 Å². The molecule has 0 aliphatic carbocycles. The number of rotatable bonds is 6. The van der Waals surface area contributed by atoms with E-state index in [-0.39, 0.29) is 24.7 Å². The Labute approximate surface area is 94.9 Å². The molecule has 0 radical (unpaired) electrons. The van der Waals surface area contributed by atoms with E-state index in [1.165, 1.54) is 4.31 Å². The average molecular weight is 251 g/mol. The lowest BCUT2D eigenvalue weighted by atomic mass is 10.1. The van der Waals surface area contributed by atoms with Gasteiger partial charge in [-0.05, 0) is 18.8 Å². The van der Waals surface area contributed by atoms with Crippen LogP contribution in [-0.4, -0.2) is 54.4 Å². The summed E-state index contributed by atoms with van der Waals surface area (Å²) >= 11 is 0. The van der Waals surface area contributed by atoms with Crippen molar-refractivity contribution in [2.75, 3.05) is 25.4 Å². The Hall–Kier alpha value is -0.660. The standard InChI is InChI=1S/C9H17NO5S/c11-5-2-8-1-4-10(7-8)16(14,15)6-3-9(12)13/h8,11H,1-7H2,(H,12,13). The van der Waals surface area contributed by atoms with Crippen molar-refractivity contribution >= 4 is 16.0 Å². The fourth-order valence-electron chi connectivity index (χ4n) is 1.81. The van der Waals surface area contributed by atoms with Crippen LogP contribution in [0.4, 0.5) is 0 Å². The van der Waals surface area contributed by atoms with E-state index in [9.17, 15) is 13.2 Å². The molecule has 7 heteroatoms. The molecule has 0 aromatic heterocycles. The molecule has 0 spiro atoms. The van der Waals surface area contributed by atoms with E-state index in [1.807, 2.05) is 0 Å². The summed E-state index contributed by atoms with van der Waals surface area (Å²) in [5.74, 6) is -1.24. The van der Waals surface area contributed by atoms with Crippen LogP contribution in [0.2, 0.25) is 0 Å². The molecule has 0 aromatic carbocycles. The number of nitrogens with zero attached hydrogens (tertiary/aromatic N) is 1. The van der Waals surface area contributed by atoms with E-state index in [4.69, 9.17) is 10.2 Å². The average Bonchev–Trinajstić information content (AvgIpc) is 2.65. The summed E-state index contributed by atoms with van der Waals surface area (Å²) in [4.78, 5) is 10.3. The molecule has 0 aromatic rings. The second-order valence-electron chi connectivity index (χ2n) is 3.98. The van der Waals surface area contributed by atoms with E-state index in [2.05, 4.69) is 0 Å².